The van der Waals surface area contributed by atoms with Gasteiger partial charge in [0.1, 0.15) is 0 Å². The molecule has 10 nitrogen and oxygen atoms in total. The standard InChI is InChI=1S/C22H27N3O7S/c1-30-18-7-5-17(16-20(18)31-2)6-8-21(26)23-9-15-33(28,29)25-12-10-24(11-13-25)22(27)19-4-3-14-32-19/h3-8,14,16H,9-13,15H2,1-2H3,(H,23,26)/b8-6-. The summed E-state index contributed by atoms with van der Waals surface area (Å²) in [6, 6.07) is 8.43. The van der Waals surface area contributed by atoms with Crippen LogP contribution in [0.2, 0.25) is 0 Å². The highest BCUT2D eigenvalue weighted by molar-refractivity contribution is 7.89. The number of hydrogen-bond acceptors (Lipinski definition) is 7. The monoisotopic (exact) mass is 477 g/mol. The Kier molecular flexibility index (Phi) is 8.12. The molecule has 1 N–H and O–H groups in total. The van der Waals surface area contributed by atoms with Gasteiger partial charge in [-0.1, -0.05) is 6.07 Å². The number of carbonyl (C=O) groups is 2. The Morgan fingerprint density at radius 3 is 2.45 bits per heavy atom. The maximum atomic E-state index is 12.6. The molecule has 11 heteroatoms. The number of rotatable bonds is 9. The topological polar surface area (TPSA) is 118 Å². The molecule has 0 bridgehead atoms. The molecule has 1 aliphatic heterocycles. The minimum absolute atomic E-state index is 0.0248. The molecular formula is C22H27N3O7S. The van der Waals surface area contributed by atoms with E-state index < -0.39 is 15.9 Å². The fourth-order valence-electron chi connectivity index (χ4n) is 3.35. The van der Waals surface area contributed by atoms with E-state index in [1.807, 2.05) is 0 Å². The van der Waals surface area contributed by atoms with Gasteiger partial charge in [0.25, 0.3) is 5.91 Å². The summed E-state index contributed by atoms with van der Waals surface area (Å²) >= 11 is 0. The van der Waals surface area contributed by atoms with Crippen molar-refractivity contribution in [1.82, 2.24) is 14.5 Å². The highest BCUT2D eigenvalue weighted by Crippen LogP contribution is 2.27. The molecule has 0 aliphatic carbocycles. The highest BCUT2D eigenvalue weighted by atomic mass is 32.2. The van der Waals surface area contributed by atoms with Gasteiger partial charge in [0.05, 0.1) is 26.2 Å². The Hall–Kier alpha value is -3.31. The molecule has 33 heavy (non-hydrogen) atoms. The molecule has 1 saturated heterocycles. The maximum absolute atomic E-state index is 12.6. The lowest BCUT2D eigenvalue weighted by Gasteiger charge is -2.33. The zero-order valence-corrected chi connectivity index (χ0v) is 19.3. The normalized spacial score (nSPS) is 14.9. The number of hydrogen-bond donors (Lipinski definition) is 1. The number of ether oxygens (including phenoxy) is 2. The molecule has 1 aromatic heterocycles. The van der Waals surface area contributed by atoms with Crippen molar-refractivity contribution in [3.63, 3.8) is 0 Å². The number of nitrogens with one attached hydrogen (secondary N) is 1. The van der Waals surface area contributed by atoms with Crippen molar-refractivity contribution in [2.45, 2.75) is 0 Å². The van der Waals surface area contributed by atoms with Crippen molar-refractivity contribution in [1.29, 1.82) is 0 Å². The second-order valence-electron chi connectivity index (χ2n) is 7.22. The summed E-state index contributed by atoms with van der Waals surface area (Å²) < 4.78 is 42.0. The lowest BCUT2D eigenvalue weighted by molar-refractivity contribution is -0.116. The van der Waals surface area contributed by atoms with E-state index in [4.69, 9.17) is 13.9 Å². The number of methoxy groups -OCH3 is 2. The summed E-state index contributed by atoms with van der Waals surface area (Å²) in [4.78, 5) is 25.9. The first-order chi connectivity index (χ1) is 15.8. The smallest absolute Gasteiger partial charge is 0.289 e. The first-order valence-corrected chi connectivity index (χ1v) is 11.9. The van der Waals surface area contributed by atoms with Crippen LogP contribution in [0.5, 0.6) is 11.5 Å². The van der Waals surface area contributed by atoms with Gasteiger partial charge >= 0.3 is 0 Å². The van der Waals surface area contributed by atoms with Crippen molar-refractivity contribution in [3.05, 3.63) is 54.0 Å². The third-order valence-corrected chi connectivity index (χ3v) is 7.02. The van der Waals surface area contributed by atoms with Crippen molar-refractivity contribution in [2.24, 2.45) is 0 Å². The number of carbonyl (C=O) groups excluding carboxylic acids is 2. The van der Waals surface area contributed by atoms with Gasteiger partial charge in [-0.2, -0.15) is 4.31 Å². The third-order valence-electron chi connectivity index (χ3n) is 5.15. The van der Waals surface area contributed by atoms with Crippen molar-refractivity contribution in [3.8, 4) is 11.5 Å². The molecule has 178 valence electrons. The lowest BCUT2D eigenvalue weighted by atomic mass is 10.2. The van der Waals surface area contributed by atoms with Gasteiger partial charge < -0.3 is 24.1 Å². The molecule has 0 atom stereocenters. The Labute approximate surface area is 192 Å². The number of amides is 2. The summed E-state index contributed by atoms with van der Waals surface area (Å²) in [5, 5.41) is 2.58. The van der Waals surface area contributed by atoms with Crippen LogP contribution in [0.3, 0.4) is 0 Å². The van der Waals surface area contributed by atoms with Crippen molar-refractivity contribution >= 4 is 27.9 Å². The van der Waals surface area contributed by atoms with Gasteiger partial charge in [-0.3, -0.25) is 9.59 Å². The SMILES string of the molecule is COc1ccc(/C=C\C(=O)NCCS(=O)(=O)N2CCN(C(=O)c3ccco3)CC2)cc1OC. The molecule has 3 rings (SSSR count). The van der Waals surface area contributed by atoms with E-state index in [2.05, 4.69) is 5.32 Å². The zero-order valence-electron chi connectivity index (χ0n) is 18.5. The van der Waals surface area contributed by atoms with Gasteiger partial charge in [0.15, 0.2) is 17.3 Å². The molecule has 2 heterocycles. The first kappa shape index (κ1) is 24.3. The van der Waals surface area contributed by atoms with Crippen molar-refractivity contribution in [2.75, 3.05) is 52.7 Å². The summed E-state index contributed by atoms with van der Waals surface area (Å²) in [6.07, 6.45) is 4.35. The van der Waals surface area contributed by atoms with E-state index in [1.54, 1.807) is 41.3 Å². The van der Waals surface area contributed by atoms with E-state index in [1.165, 1.54) is 30.9 Å². The maximum Gasteiger partial charge on any atom is 0.289 e. The fourth-order valence-corrected chi connectivity index (χ4v) is 4.68. The zero-order chi connectivity index (χ0) is 23.8. The number of furan rings is 1. The van der Waals surface area contributed by atoms with Gasteiger partial charge in [-0.15, -0.1) is 0 Å². The van der Waals surface area contributed by atoms with Gasteiger partial charge in [-0.25, -0.2) is 8.42 Å². The van der Waals surface area contributed by atoms with Crippen LogP contribution in [0.25, 0.3) is 6.08 Å². The van der Waals surface area contributed by atoms with Crippen molar-refractivity contribution < 1.29 is 31.9 Å². The largest absolute Gasteiger partial charge is 0.493 e. The van der Waals surface area contributed by atoms with Crippen LogP contribution in [0.15, 0.2) is 47.1 Å². The second-order valence-corrected chi connectivity index (χ2v) is 9.31. The minimum atomic E-state index is -3.56. The summed E-state index contributed by atoms with van der Waals surface area (Å²) in [5.41, 5.74) is 0.734. The predicted molar refractivity (Wildman–Crippen MR) is 122 cm³/mol. The molecule has 1 fully saturated rings. The molecule has 2 amide bonds. The molecule has 0 radical (unpaired) electrons. The molecule has 0 unspecified atom stereocenters. The van der Waals surface area contributed by atoms with Crippen LogP contribution in [0, 0.1) is 0 Å². The number of piperazine rings is 1. The van der Waals surface area contributed by atoms with Crippen LogP contribution < -0.4 is 14.8 Å². The number of benzene rings is 1. The molecule has 1 aromatic carbocycles. The van der Waals surface area contributed by atoms with Crippen LogP contribution in [-0.4, -0.2) is 82.1 Å². The molecule has 2 aromatic rings. The second kappa shape index (κ2) is 11.0. The van der Waals surface area contributed by atoms with E-state index in [-0.39, 0.29) is 50.1 Å². The van der Waals surface area contributed by atoms with E-state index >= 15 is 0 Å². The third kappa shape index (κ3) is 6.36. The summed E-state index contributed by atoms with van der Waals surface area (Å²) in [5.74, 6) is 0.455. The summed E-state index contributed by atoms with van der Waals surface area (Å²) in [6.45, 7) is 0.922. The van der Waals surface area contributed by atoms with Gasteiger partial charge in [0.2, 0.25) is 15.9 Å². The first-order valence-electron chi connectivity index (χ1n) is 10.3. The van der Waals surface area contributed by atoms with E-state index in [9.17, 15) is 18.0 Å². The average Bonchev–Trinajstić information content (AvgIpc) is 3.37. The van der Waals surface area contributed by atoms with Gasteiger partial charge in [0, 0.05) is 38.8 Å². The fraction of sp³-hybridized carbons (Fsp3) is 0.364. The highest BCUT2D eigenvalue weighted by Gasteiger charge is 2.29. The van der Waals surface area contributed by atoms with E-state index in [0.29, 0.717) is 11.5 Å². The Bertz CT molecular complexity index is 1090. The molecule has 0 saturated carbocycles. The quantitative estimate of drug-likeness (QED) is 0.540. The molecule has 0 spiro atoms. The predicted octanol–water partition coefficient (Wildman–Crippen LogP) is 1.21. The number of nitrogens with zero attached hydrogens (tertiary/aromatic N) is 2. The Morgan fingerprint density at radius 1 is 1.09 bits per heavy atom. The Balaban J connectivity index is 1.44. The summed E-state index contributed by atoms with van der Waals surface area (Å²) in [7, 11) is -0.503. The average molecular weight is 478 g/mol. The van der Waals surface area contributed by atoms with E-state index in [0.717, 1.165) is 5.56 Å². The van der Waals surface area contributed by atoms with Crippen LogP contribution in [-0.2, 0) is 14.8 Å². The minimum Gasteiger partial charge on any atom is -0.493 e. The number of sulfonamides is 1. The lowest BCUT2D eigenvalue weighted by Crippen LogP contribution is -2.51. The Morgan fingerprint density at radius 2 is 1.82 bits per heavy atom. The van der Waals surface area contributed by atoms with Gasteiger partial charge in [-0.05, 0) is 35.9 Å². The molecular weight excluding hydrogens is 450 g/mol. The van der Waals surface area contributed by atoms with Crippen LogP contribution in [0.4, 0.5) is 0 Å². The van der Waals surface area contributed by atoms with Crippen LogP contribution in [0.1, 0.15) is 16.1 Å². The van der Waals surface area contributed by atoms with Crippen LogP contribution >= 0.6 is 0 Å². The molecule has 1 aliphatic rings.